The first-order valence-corrected chi connectivity index (χ1v) is 11.2. The van der Waals surface area contributed by atoms with E-state index in [4.69, 9.17) is 4.42 Å². The minimum absolute atomic E-state index is 0.175. The quantitative estimate of drug-likeness (QED) is 0.446. The third-order valence-corrected chi connectivity index (χ3v) is 6.16. The van der Waals surface area contributed by atoms with Gasteiger partial charge in [0.25, 0.3) is 0 Å². The normalized spacial score (nSPS) is 14.7. The summed E-state index contributed by atoms with van der Waals surface area (Å²) in [5.41, 5.74) is 2.35. The Hall–Kier alpha value is -3.44. The summed E-state index contributed by atoms with van der Waals surface area (Å²) in [7, 11) is 0. The molecule has 5 nitrogen and oxygen atoms in total. The van der Waals surface area contributed by atoms with E-state index in [1.54, 1.807) is 6.20 Å². The van der Waals surface area contributed by atoms with Gasteiger partial charge in [0.05, 0.1) is 6.20 Å². The van der Waals surface area contributed by atoms with Crippen molar-refractivity contribution in [1.29, 1.82) is 0 Å². The topological polar surface area (TPSA) is 49.6 Å². The van der Waals surface area contributed by atoms with Crippen LogP contribution in [0.4, 0.5) is 0 Å². The highest BCUT2D eigenvalue weighted by atomic mass is 16.4. The van der Waals surface area contributed by atoms with Crippen molar-refractivity contribution in [2.75, 3.05) is 26.2 Å². The van der Waals surface area contributed by atoms with Crippen molar-refractivity contribution in [3.63, 3.8) is 0 Å². The molecule has 0 bridgehead atoms. The summed E-state index contributed by atoms with van der Waals surface area (Å²) in [6.45, 7) is 4.25. The number of nitrogens with zero attached hydrogens (tertiary/aromatic N) is 3. The summed E-state index contributed by atoms with van der Waals surface area (Å²) in [5.74, 6) is 1.54. The van der Waals surface area contributed by atoms with Gasteiger partial charge in [-0.3, -0.25) is 9.69 Å². The third kappa shape index (κ3) is 4.58. The molecule has 1 fully saturated rings. The molecule has 0 radical (unpaired) electrons. The van der Waals surface area contributed by atoms with E-state index < -0.39 is 0 Å². The fraction of sp³-hybridized carbons (Fsp3) is 0.259. The van der Waals surface area contributed by atoms with E-state index in [-0.39, 0.29) is 5.91 Å². The Kier molecular flexibility index (Phi) is 5.99. The van der Waals surface area contributed by atoms with Gasteiger partial charge in [-0.05, 0) is 16.3 Å². The fourth-order valence-electron chi connectivity index (χ4n) is 4.36. The number of oxazole rings is 1. The Morgan fingerprint density at radius 1 is 0.875 bits per heavy atom. The SMILES string of the molecule is O=C(CCc1ncc(-c2ccccc2)o1)N1CCN(Cc2cccc3ccccc23)CC1. The summed E-state index contributed by atoms with van der Waals surface area (Å²) in [4.78, 5) is 21.5. The van der Waals surface area contributed by atoms with Crippen molar-refractivity contribution in [1.82, 2.24) is 14.8 Å². The number of aryl methyl sites for hydroxylation is 1. The Bertz CT molecular complexity index is 1190. The number of amides is 1. The second kappa shape index (κ2) is 9.37. The molecule has 0 atom stereocenters. The van der Waals surface area contributed by atoms with Gasteiger partial charge in [0.1, 0.15) is 0 Å². The van der Waals surface area contributed by atoms with E-state index in [2.05, 4.69) is 52.3 Å². The minimum atomic E-state index is 0.175. The molecule has 0 saturated carbocycles. The molecule has 5 heteroatoms. The summed E-state index contributed by atoms with van der Waals surface area (Å²) in [5, 5.41) is 2.59. The van der Waals surface area contributed by atoms with Crippen molar-refractivity contribution in [2.45, 2.75) is 19.4 Å². The molecule has 5 rings (SSSR count). The molecule has 0 spiro atoms. The molecule has 3 aromatic carbocycles. The standard InChI is InChI=1S/C27H27N3O2/c31-27(14-13-26-28-19-25(32-26)22-8-2-1-3-9-22)30-17-15-29(16-18-30)20-23-11-6-10-21-7-4-5-12-24(21)23/h1-12,19H,13-18,20H2. The lowest BCUT2D eigenvalue weighted by Gasteiger charge is -2.35. The van der Waals surface area contributed by atoms with Crippen molar-refractivity contribution in [2.24, 2.45) is 0 Å². The van der Waals surface area contributed by atoms with E-state index in [1.807, 2.05) is 35.2 Å². The van der Waals surface area contributed by atoms with Crippen LogP contribution in [0.15, 0.2) is 83.4 Å². The Balaban J connectivity index is 1.12. The Morgan fingerprint density at radius 3 is 2.47 bits per heavy atom. The highest BCUT2D eigenvalue weighted by Gasteiger charge is 2.22. The summed E-state index contributed by atoms with van der Waals surface area (Å²) >= 11 is 0. The summed E-state index contributed by atoms with van der Waals surface area (Å²) < 4.78 is 5.84. The van der Waals surface area contributed by atoms with Crippen LogP contribution in [-0.2, 0) is 17.8 Å². The predicted molar refractivity (Wildman–Crippen MR) is 126 cm³/mol. The zero-order chi connectivity index (χ0) is 21.8. The van der Waals surface area contributed by atoms with Crippen LogP contribution in [0.2, 0.25) is 0 Å². The molecule has 1 aromatic heterocycles. The lowest BCUT2D eigenvalue weighted by Crippen LogP contribution is -2.48. The van der Waals surface area contributed by atoms with Crippen molar-refractivity contribution in [3.05, 3.63) is 90.4 Å². The fourth-order valence-corrected chi connectivity index (χ4v) is 4.36. The van der Waals surface area contributed by atoms with Crippen LogP contribution >= 0.6 is 0 Å². The molecule has 4 aromatic rings. The molecule has 0 N–H and O–H groups in total. The molecule has 1 aliphatic rings. The maximum Gasteiger partial charge on any atom is 0.223 e. The van der Waals surface area contributed by atoms with Gasteiger partial charge in [-0.15, -0.1) is 0 Å². The molecule has 2 heterocycles. The maximum absolute atomic E-state index is 12.7. The second-order valence-electron chi connectivity index (χ2n) is 8.28. The van der Waals surface area contributed by atoms with Gasteiger partial charge in [0.15, 0.2) is 11.7 Å². The van der Waals surface area contributed by atoms with E-state index in [9.17, 15) is 4.79 Å². The highest BCUT2D eigenvalue weighted by molar-refractivity contribution is 5.85. The summed E-state index contributed by atoms with van der Waals surface area (Å²) in [6.07, 6.45) is 2.70. The van der Waals surface area contributed by atoms with E-state index in [0.717, 1.165) is 44.0 Å². The number of piperazine rings is 1. The van der Waals surface area contributed by atoms with Crippen LogP contribution in [0.1, 0.15) is 17.9 Å². The van der Waals surface area contributed by atoms with Crippen molar-refractivity contribution >= 4 is 16.7 Å². The van der Waals surface area contributed by atoms with Crippen LogP contribution in [0.3, 0.4) is 0 Å². The van der Waals surface area contributed by atoms with E-state index in [1.165, 1.54) is 16.3 Å². The van der Waals surface area contributed by atoms with Crippen LogP contribution in [-0.4, -0.2) is 46.9 Å². The van der Waals surface area contributed by atoms with Crippen molar-refractivity contribution in [3.8, 4) is 11.3 Å². The first-order chi connectivity index (χ1) is 15.8. The first kappa shape index (κ1) is 20.5. The van der Waals surface area contributed by atoms with Crippen LogP contribution in [0, 0.1) is 0 Å². The number of rotatable bonds is 6. The number of aromatic nitrogens is 1. The zero-order valence-corrected chi connectivity index (χ0v) is 18.1. The third-order valence-electron chi connectivity index (χ3n) is 6.16. The van der Waals surface area contributed by atoms with Gasteiger partial charge < -0.3 is 9.32 Å². The van der Waals surface area contributed by atoms with Crippen LogP contribution in [0.25, 0.3) is 22.1 Å². The molecule has 0 aliphatic carbocycles. The minimum Gasteiger partial charge on any atom is -0.441 e. The molecular formula is C27H27N3O2. The number of benzene rings is 3. The van der Waals surface area contributed by atoms with Crippen LogP contribution in [0.5, 0.6) is 0 Å². The molecule has 1 aliphatic heterocycles. The van der Waals surface area contributed by atoms with Gasteiger partial charge in [0.2, 0.25) is 5.91 Å². The largest absolute Gasteiger partial charge is 0.441 e. The molecule has 1 amide bonds. The Morgan fingerprint density at radius 2 is 1.62 bits per heavy atom. The van der Waals surface area contributed by atoms with Crippen molar-refractivity contribution < 1.29 is 9.21 Å². The average Bonchev–Trinajstić information content (AvgIpc) is 3.33. The lowest BCUT2D eigenvalue weighted by atomic mass is 10.0. The smallest absolute Gasteiger partial charge is 0.223 e. The van der Waals surface area contributed by atoms with Gasteiger partial charge in [0, 0.05) is 51.1 Å². The highest BCUT2D eigenvalue weighted by Crippen LogP contribution is 2.22. The number of hydrogen-bond acceptors (Lipinski definition) is 4. The molecule has 32 heavy (non-hydrogen) atoms. The zero-order valence-electron chi connectivity index (χ0n) is 18.1. The van der Waals surface area contributed by atoms with Gasteiger partial charge in [-0.2, -0.15) is 0 Å². The molecule has 1 saturated heterocycles. The summed E-state index contributed by atoms with van der Waals surface area (Å²) in [6, 6.07) is 24.9. The molecule has 0 unspecified atom stereocenters. The van der Waals surface area contributed by atoms with Crippen LogP contribution < -0.4 is 0 Å². The maximum atomic E-state index is 12.7. The monoisotopic (exact) mass is 425 g/mol. The van der Waals surface area contributed by atoms with E-state index >= 15 is 0 Å². The lowest BCUT2D eigenvalue weighted by molar-refractivity contribution is -0.133. The van der Waals surface area contributed by atoms with Gasteiger partial charge in [-0.25, -0.2) is 4.98 Å². The number of hydrogen-bond donors (Lipinski definition) is 0. The Labute approximate surface area is 188 Å². The van der Waals surface area contributed by atoms with Gasteiger partial charge in [-0.1, -0.05) is 72.8 Å². The number of fused-ring (bicyclic) bond motifs is 1. The van der Waals surface area contributed by atoms with Gasteiger partial charge >= 0.3 is 0 Å². The molecular weight excluding hydrogens is 398 g/mol. The average molecular weight is 426 g/mol. The second-order valence-corrected chi connectivity index (χ2v) is 8.28. The van der Waals surface area contributed by atoms with E-state index in [0.29, 0.717) is 18.7 Å². The predicted octanol–water partition coefficient (Wildman–Crippen LogP) is 4.77. The first-order valence-electron chi connectivity index (χ1n) is 11.2. The number of carbonyl (C=O) groups is 1. The number of carbonyl (C=O) groups excluding carboxylic acids is 1. The molecule has 162 valence electrons.